The first-order chi connectivity index (χ1) is 8.79. The molecule has 0 bridgehead atoms. The molecule has 98 valence electrons. The fourth-order valence-electron chi connectivity index (χ4n) is 2.28. The van der Waals surface area contributed by atoms with Crippen LogP contribution in [0.4, 0.5) is 0 Å². The maximum atomic E-state index is 12.1. The van der Waals surface area contributed by atoms with Crippen LogP contribution in [0, 0.1) is 0 Å². The van der Waals surface area contributed by atoms with E-state index in [1.54, 1.807) is 6.20 Å². The zero-order valence-electron chi connectivity index (χ0n) is 10.9. The topological polar surface area (TPSA) is 45.2 Å². The molecule has 0 saturated carbocycles. The van der Waals surface area contributed by atoms with Gasteiger partial charge in [-0.1, -0.05) is 13.0 Å². The fourth-order valence-corrected chi connectivity index (χ4v) is 2.28. The van der Waals surface area contributed by atoms with Gasteiger partial charge in [-0.15, -0.1) is 0 Å². The molecule has 1 aromatic heterocycles. The van der Waals surface area contributed by atoms with E-state index >= 15 is 0 Å². The number of amides is 1. The first-order valence-electron chi connectivity index (χ1n) is 6.69. The molecule has 2 rings (SSSR count). The van der Waals surface area contributed by atoms with Gasteiger partial charge in [0.1, 0.15) is 0 Å². The number of hydrogen-bond donors (Lipinski definition) is 1. The van der Waals surface area contributed by atoms with E-state index in [-0.39, 0.29) is 5.91 Å². The summed E-state index contributed by atoms with van der Waals surface area (Å²) in [5.41, 5.74) is 1.13. The molecule has 1 fully saturated rings. The molecule has 1 aliphatic heterocycles. The number of pyridine rings is 1. The number of nitrogens with one attached hydrogen (secondary N) is 1. The average Bonchev–Trinajstić information content (AvgIpc) is 2.46. The molecule has 4 heteroatoms. The Bertz CT molecular complexity index is 380. The molecule has 0 aromatic carbocycles. The lowest BCUT2D eigenvalue weighted by Gasteiger charge is -2.33. The maximum absolute atomic E-state index is 12.1. The number of piperazine rings is 1. The third-order valence-electron chi connectivity index (χ3n) is 3.45. The second-order valence-corrected chi connectivity index (χ2v) is 4.76. The molecule has 1 atom stereocenters. The van der Waals surface area contributed by atoms with Crippen LogP contribution in [-0.4, -0.2) is 41.5 Å². The third kappa shape index (κ3) is 3.53. The average molecular weight is 247 g/mol. The second kappa shape index (κ2) is 6.50. The normalized spacial score (nSPS) is 19.8. The zero-order chi connectivity index (χ0) is 12.8. The summed E-state index contributed by atoms with van der Waals surface area (Å²) >= 11 is 0. The minimum absolute atomic E-state index is 0.263. The van der Waals surface area contributed by atoms with Gasteiger partial charge in [-0.3, -0.25) is 9.78 Å². The SMILES string of the molecule is CCC1CN(C(=O)CCc2cccnc2)CCN1. The first kappa shape index (κ1) is 13.0. The van der Waals surface area contributed by atoms with Crippen molar-refractivity contribution in [3.05, 3.63) is 30.1 Å². The monoisotopic (exact) mass is 247 g/mol. The molecule has 1 unspecified atom stereocenters. The highest BCUT2D eigenvalue weighted by Gasteiger charge is 2.21. The van der Waals surface area contributed by atoms with Crippen LogP contribution in [-0.2, 0) is 11.2 Å². The number of aryl methyl sites for hydroxylation is 1. The van der Waals surface area contributed by atoms with Gasteiger partial charge in [0.2, 0.25) is 5.91 Å². The summed E-state index contributed by atoms with van der Waals surface area (Å²) in [4.78, 5) is 18.2. The van der Waals surface area contributed by atoms with Crippen molar-refractivity contribution in [1.29, 1.82) is 0 Å². The Morgan fingerprint density at radius 2 is 2.50 bits per heavy atom. The lowest BCUT2D eigenvalue weighted by atomic mass is 10.1. The van der Waals surface area contributed by atoms with Crippen LogP contribution in [0.15, 0.2) is 24.5 Å². The van der Waals surface area contributed by atoms with E-state index in [1.807, 2.05) is 23.2 Å². The van der Waals surface area contributed by atoms with Crippen molar-refractivity contribution >= 4 is 5.91 Å². The summed E-state index contributed by atoms with van der Waals surface area (Å²) < 4.78 is 0. The number of carbonyl (C=O) groups is 1. The highest BCUT2D eigenvalue weighted by Crippen LogP contribution is 2.07. The van der Waals surface area contributed by atoms with Crippen molar-refractivity contribution in [2.75, 3.05) is 19.6 Å². The molecule has 1 amide bonds. The summed E-state index contributed by atoms with van der Waals surface area (Å²) in [7, 11) is 0. The minimum atomic E-state index is 0.263. The first-order valence-corrected chi connectivity index (χ1v) is 6.69. The van der Waals surface area contributed by atoms with Crippen LogP contribution >= 0.6 is 0 Å². The molecule has 1 N–H and O–H groups in total. The predicted octanol–water partition coefficient (Wildman–Crippen LogP) is 1.22. The number of hydrogen-bond acceptors (Lipinski definition) is 3. The van der Waals surface area contributed by atoms with Crippen molar-refractivity contribution in [3.8, 4) is 0 Å². The number of carbonyl (C=O) groups excluding carboxylic acids is 1. The van der Waals surface area contributed by atoms with Crippen LogP contribution in [0.25, 0.3) is 0 Å². The van der Waals surface area contributed by atoms with Crippen LogP contribution in [0.2, 0.25) is 0 Å². The van der Waals surface area contributed by atoms with E-state index in [0.29, 0.717) is 12.5 Å². The van der Waals surface area contributed by atoms with Gasteiger partial charge < -0.3 is 10.2 Å². The molecule has 18 heavy (non-hydrogen) atoms. The smallest absolute Gasteiger partial charge is 0.222 e. The molecule has 1 aliphatic rings. The lowest BCUT2D eigenvalue weighted by molar-refractivity contribution is -0.132. The number of aromatic nitrogens is 1. The molecule has 0 spiro atoms. The van der Waals surface area contributed by atoms with E-state index < -0.39 is 0 Å². The van der Waals surface area contributed by atoms with Gasteiger partial charge >= 0.3 is 0 Å². The third-order valence-corrected chi connectivity index (χ3v) is 3.45. The largest absolute Gasteiger partial charge is 0.340 e. The Labute approximate surface area is 108 Å². The van der Waals surface area contributed by atoms with Crippen molar-refractivity contribution in [1.82, 2.24) is 15.2 Å². The highest BCUT2D eigenvalue weighted by molar-refractivity contribution is 5.76. The Morgan fingerprint density at radius 3 is 3.22 bits per heavy atom. The Balaban J connectivity index is 1.81. The molecule has 0 radical (unpaired) electrons. The lowest BCUT2D eigenvalue weighted by Crippen LogP contribution is -2.52. The molecule has 1 aromatic rings. The summed E-state index contributed by atoms with van der Waals surface area (Å²) in [6, 6.07) is 4.39. The van der Waals surface area contributed by atoms with Gasteiger partial charge in [-0.25, -0.2) is 0 Å². The Kier molecular flexibility index (Phi) is 4.70. The van der Waals surface area contributed by atoms with Gasteiger partial charge in [-0.2, -0.15) is 0 Å². The summed E-state index contributed by atoms with van der Waals surface area (Å²) in [6.45, 7) is 4.75. The molecule has 1 saturated heterocycles. The standard InChI is InChI=1S/C14H21N3O/c1-2-13-11-17(9-8-16-13)14(18)6-5-12-4-3-7-15-10-12/h3-4,7,10,13,16H,2,5-6,8-9,11H2,1H3. The van der Waals surface area contributed by atoms with E-state index in [0.717, 1.165) is 38.0 Å². The van der Waals surface area contributed by atoms with Crippen LogP contribution < -0.4 is 5.32 Å². The number of rotatable bonds is 4. The van der Waals surface area contributed by atoms with E-state index in [1.165, 1.54) is 0 Å². The van der Waals surface area contributed by atoms with Crippen LogP contribution in [0.1, 0.15) is 25.3 Å². The van der Waals surface area contributed by atoms with Crippen LogP contribution in [0.3, 0.4) is 0 Å². The molecular formula is C14H21N3O. The summed E-state index contributed by atoms with van der Waals surface area (Å²) in [6.07, 6.45) is 6.04. The quantitative estimate of drug-likeness (QED) is 0.870. The molecule has 0 aliphatic carbocycles. The van der Waals surface area contributed by atoms with Gasteiger partial charge in [0.25, 0.3) is 0 Å². The predicted molar refractivity (Wildman–Crippen MR) is 71.2 cm³/mol. The molecular weight excluding hydrogens is 226 g/mol. The van der Waals surface area contributed by atoms with Crippen molar-refractivity contribution in [3.63, 3.8) is 0 Å². The van der Waals surface area contributed by atoms with E-state index in [9.17, 15) is 4.79 Å². The van der Waals surface area contributed by atoms with Crippen LogP contribution in [0.5, 0.6) is 0 Å². The maximum Gasteiger partial charge on any atom is 0.222 e. The Hall–Kier alpha value is -1.42. The molecule has 2 heterocycles. The Morgan fingerprint density at radius 1 is 1.61 bits per heavy atom. The summed E-state index contributed by atoms with van der Waals surface area (Å²) in [5.74, 6) is 0.263. The number of nitrogens with zero attached hydrogens (tertiary/aromatic N) is 2. The second-order valence-electron chi connectivity index (χ2n) is 4.76. The van der Waals surface area contributed by atoms with Gasteiger partial charge in [0, 0.05) is 44.5 Å². The van der Waals surface area contributed by atoms with Crippen molar-refractivity contribution in [2.24, 2.45) is 0 Å². The van der Waals surface area contributed by atoms with Crippen molar-refractivity contribution in [2.45, 2.75) is 32.2 Å². The summed E-state index contributed by atoms with van der Waals surface area (Å²) in [5, 5.41) is 3.42. The highest BCUT2D eigenvalue weighted by atomic mass is 16.2. The van der Waals surface area contributed by atoms with Crippen molar-refractivity contribution < 1.29 is 4.79 Å². The fraction of sp³-hybridized carbons (Fsp3) is 0.571. The molecule has 4 nitrogen and oxygen atoms in total. The van der Waals surface area contributed by atoms with E-state index in [2.05, 4.69) is 17.2 Å². The van der Waals surface area contributed by atoms with Gasteiger partial charge in [0.15, 0.2) is 0 Å². The minimum Gasteiger partial charge on any atom is -0.340 e. The van der Waals surface area contributed by atoms with Gasteiger partial charge in [0.05, 0.1) is 0 Å². The van der Waals surface area contributed by atoms with E-state index in [4.69, 9.17) is 0 Å². The zero-order valence-corrected chi connectivity index (χ0v) is 10.9. The van der Waals surface area contributed by atoms with Gasteiger partial charge in [-0.05, 0) is 24.5 Å².